The van der Waals surface area contributed by atoms with Crippen molar-refractivity contribution in [1.29, 1.82) is 0 Å². The van der Waals surface area contributed by atoms with Crippen molar-refractivity contribution in [2.45, 2.75) is 6.92 Å². The Hall–Kier alpha value is -2.71. The Balaban J connectivity index is 3.08. The number of aliphatic carboxylic acids is 2. The molecule has 0 aliphatic carbocycles. The summed E-state index contributed by atoms with van der Waals surface area (Å²) in [7, 11) is 0. The molecule has 0 aromatic carbocycles. The molecule has 0 saturated heterocycles. The van der Waals surface area contributed by atoms with Crippen LogP contribution in [0.15, 0.2) is 12.3 Å². The van der Waals surface area contributed by atoms with E-state index >= 15 is 0 Å². The Morgan fingerprint density at radius 2 is 1.89 bits per heavy atom. The van der Waals surface area contributed by atoms with Crippen molar-refractivity contribution in [3.8, 4) is 0 Å². The van der Waals surface area contributed by atoms with Gasteiger partial charge in [0.15, 0.2) is 0 Å². The van der Waals surface area contributed by atoms with Crippen LogP contribution in [0.2, 0.25) is 0 Å². The summed E-state index contributed by atoms with van der Waals surface area (Å²) in [6.45, 7) is 0.343. The Morgan fingerprint density at radius 1 is 1.37 bits per heavy atom. The minimum Gasteiger partial charge on any atom is -0.480 e. The van der Waals surface area contributed by atoms with E-state index in [1.165, 1.54) is 13.0 Å². The number of nitro groups is 1. The SMILES string of the molecule is Cc1cc(N(CC(=O)O)CC(=O)O)ncc1[N+](=O)[O-]. The number of rotatable bonds is 6. The molecule has 9 heteroatoms. The first-order chi connectivity index (χ1) is 8.81. The fourth-order valence-corrected chi connectivity index (χ4v) is 1.44. The molecule has 19 heavy (non-hydrogen) atoms. The minimum absolute atomic E-state index is 0.0629. The van der Waals surface area contributed by atoms with E-state index in [-0.39, 0.29) is 17.1 Å². The quantitative estimate of drug-likeness (QED) is 0.555. The molecule has 0 radical (unpaired) electrons. The van der Waals surface area contributed by atoms with Crippen molar-refractivity contribution in [1.82, 2.24) is 4.98 Å². The lowest BCUT2D eigenvalue weighted by atomic mass is 10.2. The van der Waals surface area contributed by atoms with Crippen LogP contribution in [-0.2, 0) is 9.59 Å². The first-order valence-electron chi connectivity index (χ1n) is 5.11. The van der Waals surface area contributed by atoms with Crippen molar-refractivity contribution in [2.24, 2.45) is 0 Å². The van der Waals surface area contributed by atoms with Crippen molar-refractivity contribution < 1.29 is 24.7 Å². The number of pyridine rings is 1. The summed E-state index contributed by atoms with van der Waals surface area (Å²) in [5.41, 5.74) is 0.0603. The number of nitrogens with zero attached hydrogens (tertiary/aromatic N) is 3. The number of hydrogen-bond donors (Lipinski definition) is 2. The summed E-state index contributed by atoms with van der Waals surface area (Å²) in [6, 6.07) is 1.28. The highest BCUT2D eigenvalue weighted by atomic mass is 16.6. The third-order valence-electron chi connectivity index (χ3n) is 2.24. The van der Waals surface area contributed by atoms with Crippen LogP contribution in [0.3, 0.4) is 0 Å². The lowest BCUT2D eigenvalue weighted by molar-refractivity contribution is -0.385. The van der Waals surface area contributed by atoms with Crippen LogP contribution in [0, 0.1) is 17.0 Å². The Morgan fingerprint density at radius 3 is 2.26 bits per heavy atom. The summed E-state index contributed by atoms with van der Waals surface area (Å²) < 4.78 is 0. The molecular weight excluding hydrogens is 258 g/mol. The van der Waals surface area contributed by atoms with Gasteiger partial charge < -0.3 is 15.1 Å². The summed E-state index contributed by atoms with van der Waals surface area (Å²) >= 11 is 0. The Bertz CT molecular complexity index is 514. The number of aryl methyl sites for hydroxylation is 1. The smallest absolute Gasteiger partial charge is 0.323 e. The molecule has 0 spiro atoms. The maximum Gasteiger partial charge on any atom is 0.323 e. The van der Waals surface area contributed by atoms with Gasteiger partial charge in [0.2, 0.25) is 0 Å². The van der Waals surface area contributed by atoms with Crippen LogP contribution < -0.4 is 4.90 Å². The molecule has 0 unspecified atom stereocenters. The fraction of sp³-hybridized carbons (Fsp3) is 0.300. The highest BCUT2D eigenvalue weighted by Gasteiger charge is 2.18. The zero-order valence-electron chi connectivity index (χ0n) is 9.94. The summed E-state index contributed by atoms with van der Waals surface area (Å²) in [6.07, 6.45) is 0.974. The molecule has 9 nitrogen and oxygen atoms in total. The van der Waals surface area contributed by atoms with Crippen LogP contribution in [-0.4, -0.2) is 45.1 Å². The number of anilines is 1. The zero-order chi connectivity index (χ0) is 14.6. The number of carboxylic acids is 2. The van der Waals surface area contributed by atoms with E-state index in [0.29, 0.717) is 0 Å². The highest BCUT2D eigenvalue weighted by Crippen LogP contribution is 2.21. The second-order valence-corrected chi connectivity index (χ2v) is 3.73. The third-order valence-corrected chi connectivity index (χ3v) is 2.24. The molecule has 1 heterocycles. The number of aromatic nitrogens is 1. The van der Waals surface area contributed by atoms with E-state index in [0.717, 1.165) is 11.1 Å². The van der Waals surface area contributed by atoms with Gasteiger partial charge in [0, 0.05) is 5.56 Å². The standard InChI is InChI=1S/C10H11N3O6/c1-6-2-8(11-3-7(6)13(18)19)12(4-9(14)15)5-10(16)17/h2-3H,4-5H2,1H3,(H,14,15)(H,16,17). The van der Waals surface area contributed by atoms with Gasteiger partial charge in [-0.05, 0) is 13.0 Å². The van der Waals surface area contributed by atoms with Crippen LogP contribution in [0.1, 0.15) is 5.56 Å². The van der Waals surface area contributed by atoms with Gasteiger partial charge in [0.05, 0.1) is 4.92 Å². The molecule has 0 bridgehead atoms. The number of carbonyl (C=O) groups is 2. The topological polar surface area (TPSA) is 134 Å². The first-order valence-corrected chi connectivity index (χ1v) is 5.11. The van der Waals surface area contributed by atoms with Crippen LogP contribution in [0.4, 0.5) is 11.5 Å². The number of hydrogen-bond acceptors (Lipinski definition) is 6. The van der Waals surface area contributed by atoms with Crippen LogP contribution >= 0.6 is 0 Å². The molecule has 1 rings (SSSR count). The Labute approximate surface area is 107 Å². The molecule has 0 aliphatic heterocycles. The second-order valence-electron chi connectivity index (χ2n) is 3.73. The molecule has 1 aromatic heterocycles. The predicted octanol–water partition coefficient (Wildman–Crippen LogP) is 0.274. The summed E-state index contributed by atoms with van der Waals surface area (Å²) in [5, 5.41) is 28.0. The van der Waals surface area contributed by atoms with Gasteiger partial charge in [-0.2, -0.15) is 0 Å². The fourth-order valence-electron chi connectivity index (χ4n) is 1.44. The lowest BCUT2D eigenvalue weighted by Gasteiger charge is -2.19. The van der Waals surface area contributed by atoms with E-state index in [2.05, 4.69) is 4.98 Å². The molecule has 2 N–H and O–H groups in total. The molecule has 0 amide bonds. The zero-order valence-corrected chi connectivity index (χ0v) is 9.94. The van der Waals surface area contributed by atoms with Gasteiger partial charge in [-0.1, -0.05) is 0 Å². The van der Waals surface area contributed by atoms with Gasteiger partial charge in [0.1, 0.15) is 25.1 Å². The summed E-state index contributed by atoms with van der Waals surface area (Å²) in [4.78, 5) is 36.0. The van der Waals surface area contributed by atoms with Crippen LogP contribution in [0.25, 0.3) is 0 Å². The highest BCUT2D eigenvalue weighted by molar-refractivity contribution is 5.79. The lowest BCUT2D eigenvalue weighted by Crippen LogP contribution is -2.35. The first kappa shape index (κ1) is 14.4. The van der Waals surface area contributed by atoms with E-state index < -0.39 is 30.0 Å². The second kappa shape index (κ2) is 5.76. The van der Waals surface area contributed by atoms with E-state index in [1.807, 2.05) is 0 Å². The van der Waals surface area contributed by atoms with Gasteiger partial charge >= 0.3 is 11.9 Å². The maximum atomic E-state index is 10.7. The average Bonchev–Trinajstić information content (AvgIpc) is 2.26. The molecule has 0 fully saturated rings. The van der Waals surface area contributed by atoms with Crippen molar-refractivity contribution >= 4 is 23.4 Å². The maximum absolute atomic E-state index is 10.7. The number of carboxylic acid groups (broad SMARTS) is 2. The summed E-state index contributed by atoms with van der Waals surface area (Å²) in [5.74, 6) is -2.38. The van der Waals surface area contributed by atoms with E-state index in [1.54, 1.807) is 0 Å². The van der Waals surface area contributed by atoms with Gasteiger partial charge in [-0.15, -0.1) is 0 Å². The monoisotopic (exact) mass is 269 g/mol. The van der Waals surface area contributed by atoms with Crippen molar-refractivity contribution in [2.75, 3.05) is 18.0 Å². The van der Waals surface area contributed by atoms with Crippen LogP contribution in [0.5, 0.6) is 0 Å². The average molecular weight is 269 g/mol. The van der Waals surface area contributed by atoms with E-state index in [4.69, 9.17) is 10.2 Å². The van der Waals surface area contributed by atoms with Crippen molar-refractivity contribution in [3.63, 3.8) is 0 Å². The third kappa shape index (κ3) is 3.91. The van der Waals surface area contributed by atoms with Gasteiger partial charge in [-0.25, -0.2) is 4.98 Å². The predicted molar refractivity (Wildman–Crippen MR) is 63.1 cm³/mol. The Kier molecular flexibility index (Phi) is 4.35. The molecular formula is C10H11N3O6. The van der Waals surface area contributed by atoms with E-state index in [9.17, 15) is 19.7 Å². The molecule has 0 aliphatic rings. The minimum atomic E-state index is -1.22. The normalized spacial score (nSPS) is 9.95. The molecule has 0 atom stereocenters. The van der Waals surface area contributed by atoms with Gasteiger partial charge in [-0.3, -0.25) is 19.7 Å². The molecule has 0 saturated carbocycles. The molecule has 102 valence electrons. The van der Waals surface area contributed by atoms with Crippen molar-refractivity contribution in [3.05, 3.63) is 27.9 Å². The largest absolute Gasteiger partial charge is 0.480 e. The van der Waals surface area contributed by atoms with Gasteiger partial charge in [0.25, 0.3) is 5.69 Å². The molecule has 1 aromatic rings.